The van der Waals surface area contributed by atoms with Crippen molar-refractivity contribution in [3.63, 3.8) is 0 Å². The van der Waals surface area contributed by atoms with E-state index in [1.807, 2.05) is 38.1 Å². The van der Waals surface area contributed by atoms with E-state index in [0.717, 1.165) is 64.6 Å². The van der Waals surface area contributed by atoms with E-state index < -0.39 is 37.5 Å². The Hall–Kier alpha value is -2.94. The van der Waals surface area contributed by atoms with Crippen molar-refractivity contribution in [1.29, 1.82) is 0 Å². The number of nitrogens with one attached hydrogen (secondary N) is 1. The minimum atomic E-state index is -4.75. The van der Waals surface area contributed by atoms with Crippen molar-refractivity contribution in [2.45, 2.75) is 106 Å². The second kappa shape index (κ2) is 25.5. The van der Waals surface area contributed by atoms with E-state index in [2.05, 4.69) is 59.8 Å². The van der Waals surface area contributed by atoms with Gasteiger partial charge in [0.1, 0.15) is 44.0 Å². The normalized spacial score (nSPS) is 18.2. The molecule has 71 heavy (non-hydrogen) atoms. The number of hydrogen-bond donors (Lipinski definition) is 1. The summed E-state index contributed by atoms with van der Waals surface area (Å²) in [6.45, 7) is 14.0. The molecular weight excluding hydrogens is 974 g/mol. The van der Waals surface area contributed by atoms with Crippen molar-refractivity contribution in [3.8, 4) is 5.75 Å². The molecule has 1 aliphatic carbocycles. The number of imide groups is 1. The molecule has 4 aliphatic rings. The largest absolute Gasteiger partial charge is 1.00 e. The Bertz CT molecular complexity index is 2910. The second-order valence-corrected chi connectivity index (χ2v) is 21.1. The number of anilines is 1. The van der Waals surface area contributed by atoms with E-state index in [1.54, 1.807) is 6.07 Å². The number of amides is 3. The third-order valence-corrected chi connectivity index (χ3v) is 14.7. The van der Waals surface area contributed by atoms with E-state index in [4.69, 9.17) is 4.74 Å². The number of benzene rings is 3. The maximum Gasteiger partial charge on any atom is 1.00 e. The summed E-state index contributed by atoms with van der Waals surface area (Å²) in [5.41, 5.74) is 6.41. The van der Waals surface area contributed by atoms with Crippen LogP contribution in [0.4, 0.5) is 11.4 Å². The van der Waals surface area contributed by atoms with Gasteiger partial charge in [-0.1, -0.05) is 45.8 Å². The van der Waals surface area contributed by atoms with Crippen molar-refractivity contribution < 1.29 is 138 Å². The Morgan fingerprint density at radius 3 is 2.15 bits per heavy atom. The van der Waals surface area contributed by atoms with Gasteiger partial charge in [-0.05, 0) is 110 Å². The molecule has 3 heterocycles. The first-order chi connectivity index (χ1) is 32.2. The van der Waals surface area contributed by atoms with Gasteiger partial charge in [0.05, 0.1) is 9.79 Å². The average Bonchev–Trinajstić information content (AvgIpc) is 3.81. The molecule has 0 fully saturated rings. The average molecular weight is 1030 g/mol. The first-order valence-corrected chi connectivity index (χ1v) is 25.7. The van der Waals surface area contributed by atoms with Gasteiger partial charge in [-0.15, -0.1) is 6.07 Å². The number of ether oxygens (including phenoxy) is 1. The number of allylic oxidation sites excluding steroid dienone is 7. The zero-order valence-corrected chi connectivity index (χ0v) is 49.5. The molecule has 0 aromatic heterocycles. The fourth-order valence-corrected chi connectivity index (χ4v) is 10.4. The first kappa shape index (κ1) is 60.6. The number of carbonyl (C=O) groups is 3. The van der Waals surface area contributed by atoms with Gasteiger partial charge in [-0.25, -0.2) is 21.4 Å². The minimum absolute atomic E-state index is 0. The summed E-state index contributed by atoms with van der Waals surface area (Å²) in [5.74, 6) is -0.0706. The van der Waals surface area contributed by atoms with E-state index in [9.17, 15) is 40.3 Å². The Labute approximate surface area is 485 Å². The van der Waals surface area contributed by atoms with Crippen molar-refractivity contribution >= 4 is 55.0 Å². The third-order valence-electron chi connectivity index (χ3n) is 13.1. The van der Waals surface area contributed by atoms with E-state index >= 15 is 0 Å². The second-order valence-electron chi connectivity index (χ2n) is 18.4. The van der Waals surface area contributed by atoms with Crippen LogP contribution in [-0.4, -0.2) is 85.0 Å². The molecule has 3 amide bonds. The van der Waals surface area contributed by atoms with Gasteiger partial charge in [-0.2, -0.15) is 24.6 Å². The smallest absolute Gasteiger partial charge is 0.744 e. The van der Waals surface area contributed by atoms with Gasteiger partial charge in [0.25, 0.3) is 11.8 Å². The Morgan fingerprint density at radius 2 is 1.49 bits per heavy atom. The summed E-state index contributed by atoms with van der Waals surface area (Å²) < 4.78 is 81.1. The number of rotatable bonds is 19. The third kappa shape index (κ3) is 14.1. The molecular formula is C52H57N4Na3O10S2. The zero-order valence-electron chi connectivity index (χ0n) is 41.9. The SMILES string of the molecule is [CH2-]CCC[N+]1=C(/C=C/C2=C(Oc3ccc(S(=O)(=O)[O-])cc3)C(=C/C=C3/N(CCCCCC(=O)NCCN4C(=O)C=CC4=O)c4ccc(S(=O)(=O)[O-])cc4C3(C)C)/CCC2)C(C)(C)c2c[c-]ccc21.[Na+].[Na+].[Na+]. The fourth-order valence-electron chi connectivity index (χ4n) is 9.41. The Kier molecular flexibility index (Phi) is 21.8. The summed E-state index contributed by atoms with van der Waals surface area (Å²) in [7, 11) is -9.44. The number of hydrogen-bond acceptors (Lipinski definition) is 11. The molecule has 0 bridgehead atoms. The quantitative estimate of drug-likeness (QED) is 0.0370. The molecule has 360 valence electrons. The Morgan fingerprint density at radius 1 is 0.817 bits per heavy atom. The van der Waals surface area contributed by atoms with Crippen LogP contribution in [0.3, 0.4) is 0 Å². The van der Waals surface area contributed by atoms with E-state index in [1.165, 1.54) is 54.1 Å². The molecule has 1 N–H and O–H groups in total. The topological polar surface area (TPSA) is 196 Å². The fraction of sp³-hybridized carbons (Fsp3) is 0.365. The van der Waals surface area contributed by atoms with Crippen LogP contribution in [0.2, 0.25) is 0 Å². The molecule has 7 rings (SSSR count). The van der Waals surface area contributed by atoms with Crippen LogP contribution in [0.15, 0.2) is 130 Å². The molecule has 0 saturated carbocycles. The van der Waals surface area contributed by atoms with Crippen LogP contribution < -0.4 is 104 Å². The standard InChI is InChI=1S/C52H59N4O10S2.3Na/c1-6-7-32-54-43-17-11-10-16-41(43)51(2,3)45(54)27-19-36-14-13-15-37(50(36)66-38-21-23-39(24-22-38)67(60,61)62)20-28-46-52(4,5)42-35-40(68(63,64)65)25-26-44(42)55(46)33-12-8-9-18-47(57)53-31-34-56-48(58)29-30-49(56)59;;;/h11,16-17,19-30,35H,1,6-9,12-15,18,31-34H2,2-5H3,(H,53,57)(H,60,61,62)(H,63,64,65);;;/q-1;3*+1/p-2. The first-order valence-electron chi connectivity index (χ1n) is 22.9. The van der Waals surface area contributed by atoms with Crippen molar-refractivity contribution in [2.75, 3.05) is 31.1 Å². The van der Waals surface area contributed by atoms with Crippen LogP contribution in [0.5, 0.6) is 5.75 Å². The van der Waals surface area contributed by atoms with E-state index in [0.29, 0.717) is 55.7 Å². The summed E-state index contributed by atoms with van der Waals surface area (Å²) >= 11 is 0. The number of nitrogens with zero attached hydrogens (tertiary/aromatic N) is 3. The summed E-state index contributed by atoms with van der Waals surface area (Å²) in [4.78, 5) is 38.8. The van der Waals surface area contributed by atoms with Gasteiger partial charge in [0.15, 0.2) is 5.71 Å². The van der Waals surface area contributed by atoms with Gasteiger partial charge in [-0.3, -0.25) is 19.3 Å². The van der Waals surface area contributed by atoms with Crippen molar-refractivity contribution in [3.05, 3.63) is 144 Å². The van der Waals surface area contributed by atoms with Crippen LogP contribution in [0, 0.1) is 13.0 Å². The predicted molar refractivity (Wildman–Crippen MR) is 256 cm³/mol. The molecule has 3 aromatic carbocycles. The van der Waals surface area contributed by atoms with Gasteiger partial charge in [0, 0.05) is 66.5 Å². The summed E-state index contributed by atoms with van der Waals surface area (Å²) in [5, 5.41) is 2.77. The van der Waals surface area contributed by atoms with Crippen LogP contribution in [-0.2, 0) is 45.4 Å². The van der Waals surface area contributed by atoms with E-state index in [-0.39, 0.29) is 129 Å². The predicted octanol–water partition coefficient (Wildman–Crippen LogP) is -1.42. The molecule has 14 nitrogen and oxygen atoms in total. The molecule has 3 aromatic rings. The maximum atomic E-state index is 12.6. The van der Waals surface area contributed by atoms with Gasteiger partial charge < -0.3 is 31.0 Å². The molecule has 0 unspecified atom stereocenters. The van der Waals surface area contributed by atoms with Crippen molar-refractivity contribution in [2.24, 2.45) is 0 Å². The number of carbonyl (C=O) groups excluding carboxylic acids is 3. The molecule has 3 aliphatic heterocycles. The minimum Gasteiger partial charge on any atom is -0.744 e. The van der Waals surface area contributed by atoms with Crippen LogP contribution in [0.25, 0.3) is 0 Å². The molecule has 0 radical (unpaired) electrons. The molecule has 0 saturated heterocycles. The monoisotopic (exact) mass is 1030 g/mol. The van der Waals surface area contributed by atoms with Gasteiger partial charge >= 0.3 is 88.7 Å². The molecule has 0 spiro atoms. The summed E-state index contributed by atoms with van der Waals surface area (Å²) in [6, 6.07) is 19.1. The number of fused-ring (bicyclic) bond motifs is 2. The molecule has 0 atom stereocenters. The van der Waals surface area contributed by atoms with Crippen LogP contribution >= 0.6 is 0 Å². The maximum absolute atomic E-state index is 12.6. The van der Waals surface area contributed by atoms with Crippen LogP contribution in [0.1, 0.15) is 96.6 Å². The zero-order chi connectivity index (χ0) is 49.0. The summed E-state index contributed by atoms with van der Waals surface area (Å²) in [6.07, 6.45) is 16.6. The van der Waals surface area contributed by atoms with Crippen molar-refractivity contribution in [1.82, 2.24) is 10.2 Å². The number of unbranched alkanes of at least 4 members (excludes halogenated alkanes) is 3. The Balaban J connectivity index is 0.00000365. The van der Waals surface area contributed by atoms with Gasteiger partial charge in [0.2, 0.25) is 5.91 Å². The molecule has 19 heteroatoms.